The maximum Gasteiger partial charge on any atom is 0.266 e. The van der Waals surface area contributed by atoms with Crippen LogP contribution in [0.15, 0.2) is 53.9 Å². The molecule has 4 nitrogen and oxygen atoms in total. The lowest BCUT2D eigenvalue weighted by Gasteiger charge is -2.13. The van der Waals surface area contributed by atoms with Crippen molar-refractivity contribution in [2.45, 2.75) is 13.0 Å². The van der Waals surface area contributed by atoms with E-state index in [1.165, 1.54) is 23.5 Å². The van der Waals surface area contributed by atoms with Crippen LogP contribution >= 0.6 is 22.9 Å². The van der Waals surface area contributed by atoms with E-state index in [0.29, 0.717) is 21.6 Å². The molecule has 25 heavy (non-hydrogen) atoms. The number of thiazole rings is 1. The van der Waals surface area contributed by atoms with E-state index in [1.54, 1.807) is 48.7 Å². The molecular weight excluding hydrogens is 363 g/mol. The third-order valence-electron chi connectivity index (χ3n) is 3.37. The van der Waals surface area contributed by atoms with Crippen LogP contribution in [0, 0.1) is 5.82 Å². The first-order valence-corrected chi connectivity index (χ1v) is 8.71. The van der Waals surface area contributed by atoms with Crippen molar-refractivity contribution in [3.05, 3.63) is 64.8 Å². The molecule has 2 aromatic carbocycles. The van der Waals surface area contributed by atoms with Crippen LogP contribution in [0.1, 0.15) is 6.92 Å². The quantitative estimate of drug-likeness (QED) is 0.681. The van der Waals surface area contributed by atoms with Crippen LogP contribution in [-0.4, -0.2) is 17.0 Å². The fourth-order valence-electron chi connectivity index (χ4n) is 2.06. The van der Waals surface area contributed by atoms with Crippen LogP contribution in [-0.2, 0) is 4.79 Å². The van der Waals surface area contributed by atoms with E-state index in [1.807, 2.05) is 0 Å². The summed E-state index contributed by atoms with van der Waals surface area (Å²) in [4.78, 5) is 16.6. The maximum absolute atomic E-state index is 13.0. The number of benzene rings is 2. The van der Waals surface area contributed by atoms with E-state index in [9.17, 15) is 9.18 Å². The minimum atomic E-state index is -0.695. The van der Waals surface area contributed by atoms with Gasteiger partial charge in [-0.1, -0.05) is 11.6 Å². The number of nitrogens with one attached hydrogen (secondary N) is 1. The SMILES string of the molecule is CC(Oc1ccc(Cl)cc1)C(=O)Nc1nc(-c2ccc(F)cc2)cs1. The molecule has 0 saturated heterocycles. The van der Waals surface area contributed by atoms with E-state index in [0.717, 1.165) is 5.56 Å². The maximum atomic E-state index is 13.0. The molecule has 0 aliphatic carbocycles. The van der Waals surface area contributed by atoms with E-state index < -0.39 is 6.10 Å². The van der Waals surface area contributed by atoms with Crippen LogP contribution in [0.5, 0.6) is 5.75 Å². The Hall–Kier alpha value is -2.44. The normalized spacial score (nSPS) is 11.8. The Balaban J connectivity index is 1.62. The van der Waals surface area contributed by atoms with Crippen molar-refractivity contribution in [3.8, 4) is 17.0 Å². The Labute approximate surface area is 153 Å². The van der Waals surface area contributed by atoms with Gasteiger partial charge in [0.2, 0.25) is 0 Å². The predicted octanol–water partition coefficient (Wildman–Crippen LogP) is 5.01. The van der Waals surface area contributed by atoms with Crippen LogP contribution in [0.2, 0.25) is 5.02 Å². The standard InChI is InChI=1S/C18H14ClFN2O2S/c1-11(24-15-8-4-13(19)5-9-15)17(23)22-18-21-16(10-25-18)12-2-6-14(20)7-3-12/h2-11H,1H3,(H,21,22,23). The van der Waals surface area contributed by atoms with E-state index in [-0.39, 0.29) is 11.7 Å². The van der Waals surface area contributed by atoms with Crippen molar-refractivity contribution >= 4 is 34.0 Å². The average molecular weight is 377 g/mol. The van der Waals surface area contributed by atoms with E-state index in [4.69, 9.17) is 16.3 Å². The first-order chi connectivity index (χ1) is 12.0. The molecule has 0 bridgehead atoms. The molecule has 128 valence electrons. The van der Waals surface area contributed by atoms with Crippen LogP contribution in [0.4, 0.5) is 9.52 Å². The topological polar surface area (TPSA) is 51.2 Å². The number of halogens is 2. The second-order valence-corrected chi connectivity index (χ2v) is 6.54. The summed E-state index contributed by atoms with van der Waals surface area (Å²) in [5.74, 6) is -0.0613. The van der Waals surface area contributed by atoms with Gasteiger partial charge < -0.3 is 4.74 Å². The van der Waals surface area contributed by atoms with Crippen LogP contribution in [0.25, 0.3) is 11.3 Å². The van der Waals surface area contributed by atoms with Gasteiger partial charge in [0.1, 0.15) is 11.6 Å². The first-order valence-electron chi connectivity index (χ1n) is 7.46. The highest BCUT2D eigenvalue weighted by Crippen LogP contribution is 2.25. The monoisotopic (exact) mass is 376 g/mol. The third kappa shape index (κ3) is 4.55. The number of hydrogen-bond donors (Lipinski definition) is 1. The number of carbonyl (C=O) groups is 1. The molecular formula is C18H14ClFN2O2S. The number of nitrogens with zero attached hydrogens (tertiary/aromatic N) is 1. The zero-order valence-corrected chi connectivity index (χ0v) is 14.8. The molecule has 3 aromatic rings. The van der Waals surface area contributed by atoms with Gasteiger partial charge in [0.25, 0.3) is 5.91 Å². The Morgan fingerprint density at radius 1 is 1.20 bits per heavy atom. The van der Waals surface area contributed by atoms with Crippen molar-refractivity contribution < 1.29 is 13.9 Å². The summed E-state index contributed by atoms with van der Waals surface area (Å²) >= 11 is 7.11. The summed E-state index contributed by atoms with van der Waals surface area (Å²) in [7, 11) is 0. The van der Waals surface area contributed by atoms with Crippen molar-refractivity contribution in [2.24, 2.45) is 0 Å². The molecule has 1 heterocycles. The van der Waals surface area contributed by atoms with Crippen molar-refractivity contribution in [2.75, 3.05) is 5.32 Å². The average Bonchev–Trinajstić information content (AvgIpc) is 3.06. The Morgan fingerprint density at radius 3 is 2.56 bits per heavy atom. The van der Waals surface area contributed by atoms with Gasteiger partial charge >= 0.3 is 0 Å². The van der Waals surface area contributed by atoms with Gasteiger partial charge in [0.05, 0.1) is 5.69 Å². The number of hydrogen-bond acceptors (Lipinski definition) is 4. The molecule has 1 amide bonds. The highest BCUT2D eigenvalue weighted by molar-refractivity contribution is 7.14. The van der Waals surface area contributed by atoms with Gasteiger partial charge in [0, 0.05) is 16.0 Å². The zero-order chi connectivity index (χ0) is 17.8. The van der Waals surface area contributed by atoms with Crippen molar-refractivity contribution in [3.63, 3.8) is 0 Å². The Morgan fingerprint density at radius 2 is 1.88 bits per heavy atom. The van der Waals surface area contributed by atoms with Crippen LogP contribution < -0.4 is 10.1 Å². The summed E-state index contributed by atoms with van der Waals surface area (Å²) in [6.45, 7) is 1.65. The van der Waals surface area contributed by atoms with Gasteiger partial charge in [-0.25, -0.2) is 9.37 Å². The highest BCUT2D eigenvalue weighted by Gasteiger charge is 2.16. The smallest absolute Gasteiger partial charge is 0.266 e. The molecule has 7 heteroatoms. The summed E-state index contributed by atoms with van der Waals surface area (Å²) in [5.41, 5.74) is 1.45. The minimum absolute atomic E-state index is 0.305. The van der Waals surface area contributed by atoms with Gasteiger partial charge in [-0.2, -0.15) is 0 Å². The molecule has 1 atom stereocenters. The summed E-state index contributed by atoms with van der Waals surface area (Å²) in [6.07, 6.45) is -0.695. The zero-order valence-electron chi connectivity index (χ0n) is 13.2. The van der Waals surface area contributed by atoms with Crippen LogP contribution in [0.3, 0.4) is 0 Å². The third-order valence-corrected chi connectivity index (χ3v) is 4.38. The largest absolute Gasteiger partial charge is 0.481 e. The first kappa shape index (κ1) is 17.4. The number of amides is 1. The predicted molar refractivity (Wildman–Crippen MR) is 97.7 cm³/mol. The summed E-state index contributed by atoms with van der Waals surface area (Å²) < 4.78 is 18.5. The molecule has 0 aliphatic rings. The number of carbonyl (C=O) groups excluding carboxylic acids is 1. The Kier molecular flexibility index (Phi) is 5.31. The molecule has 0 fully saturated rings. The van der Waals surface area contributed by atoms with Gasteiger partial charge in [-0.3, -0.25) is 10.1 Å². The Bertz CT molecular complexity index is 866. The fourth-order valence-corrected chi connectivity index (χ4v) is 2.91. The molecule has 0 spiro atoms. The molecule has 0 saturated carbocycles. The minimum Gasteiger partial charge on any atom is -0.481 e. The molecule has 1 aromatic heterocycles. The number of anilines is 1. The summed E-state index contributed by atoms with van der Waals surface area (Å²) in [5, 5.41) is 5.57. The van der Waals surface area contributed by atoms with E-state index >= 15 is 0 Å². The van der Waals surface area contributed by atoms with E-state index in [2.05, 4.69) is 10.3 Å². The number of aromatic nitrogens is 1. The molecule has 3 rings (SSSR count). The second-order valence-electron chi connectivity index (χ2n) is 5.25. The number of ether oxygens (including phenoxy) is 1. The van der Waals surface area contributed by atoms with Crippen molar-refractivity contribution in [1.29, 1.82) is 0 Å². The lowest BCUT2D eigenvalue weighted by Crippen LogP contribution is -2.30. The molecule has 1 N–H and O–H groups in total. The summed E-state index contributed by atoms with van der Waals surface area (Å²) in [6, 6.07) is 12.8. The molecule has 0 aliphatic heterocycles. The second kappa shape index (κ2) is 7.63. The lowest BCUT2D eigenvalue weighted by molar-refractivity contribution is -0.122. The fraction of sp³-hybridized carbons (Fsp3) is 0.111. The number of rotatable bonds is 5. The molecule has 0 radical (unpaired) electrons. The van der Waals surface area contributed by atoms with Gasteiger partial charge in [0.15, 0.2) is 11.2 Å². The van der Waals surface area contributed by atoms with Gasteiger partial charge in [-0.05, 0) is 55.5 Å². The van der Waals surface area contributed by atoms with Gasteiger partial charge in [-0.15, -0.1) is 11.3 Å². The lowest BCUT2D eigenvalue weighted by atomic mass is 10.2. The molecule has 1 unspecified atom stereocenters. The highest BCUT2D eigenvalue weighted by atomic mass is 35.5. The van der Waals surface area contributed by atoms with Crippen molar-refractivity contribution in [1.82, 2.24) is 4.98 Å².